The quantitative estimate of drug-likeness (QED) is 0.740. The van der Waals surface area contributed by atoms with Crippen LogP contribution in [0.5, 0.6) is 5.75 Å². The summed E-state index contributed by atoms with van der Waals surface area (Å²) in [4.78, 5) is 26.9. The first kappa shape index (κ1) is 19.2. The number of carboxylic acids is 1. The summed E-state index contributed by atoms with van der Waals surface area (Å²) in [6.45, 7) is 4.55. The van der Waals surface area contributed by atoms with E-state index in [1.54, 1.807) is 0 Å². The largest absolute Gasteiger partial charge is 0.494 e. The van der Waals surface area contributed by atoms with Crippen molar-refractivity contribution >= 4 is 17.6 Å². The summed E-state index contributed by atoms with van der Waals surface area (Å²) in [6, 6.07) is 7.60. The molecule has 1 aliphatic heterocycles. The van der Waals surface area contributed by atoms with Gasteiger partial charge in [0.15, 0.2) is 0 Å². The van der Waals surface area contributed by atoms with E-state index in [9.17, 15) is 9.59 Å². The highest BCUT2D eigenvalue weighted by molar-refractivity contribution is 5.92. The van der Waals surface area contributed by atoms with Gasteiger partial charge in [-0.05, 0) is 51.1 Å². The van der Waals surface area contributed by atoms with Gasteiger partial charge < -0.3 is 15.2 Å². The molecule has 2 N–H and O–H groups in total. The summed E-state index contributed by atoms with van der Waals surface area (Å²) in [5.74, 6) is -0.0609. The Hall–Kier alpha value is -2.12. The molecular weight excluding hydrogens is 322 g/mol. The van der Waals surface area contributed by atoms with Crippen LogP contribution in [0.2, 0.25) is 0 Å². The molecule has 25 heavy (non-hydrogen) atoms. The Kier molecular flexibility index (Phi) is 7.21. The molecule has 1 saturated heterocycles. The van der Waals surface area contributed by atoms with Crippen LogP contribution in [0, 0.1) is 0 Å². The Morgan fingerprint density at radius 1 is 1.28 bits per heavy atom. The molecule has 7 heteroatoms. The van der Waals surface area contributed by atoms with Crippen LogP contribution in [-0.4, -0.2) is 72.7 Å². The molecule has 0 bridgehead atoms. The van der Waals surface area contributed by atoms with Crippen LogP contribution in [0.1, 0.15) is 19.8 Å². The second kappa shape index (κ2) is 9.39. The predicted molar refractivity (Wildman–Crippen MR) is 96.0 cm³/mol. The van der Waals surface area contributed by atoms with Gasteiger partial charge in [-0.25, -0.2) is 0 Å². The van der Waals surface area contributed by atoms with Crippen molar-refractivity contribution in [3.63, 3.8) is 0 Å². The molecule has 0 spiro atoms. The average Bonchev–Trinajstić information content (AvgIpc) is 2.57. The Morgan fingerprint density at radius 3 is 2.48 bits per heavy atom. The molecule has 7 nitrogen and oxygen atoms in total. The van der Waals surface area contributed by atoms with E-state index in [-0.39, 0.29) is 18.5 Å². The maximum absolute atomic E-state index is 12.2. The number of carbonyl (C=O) groups is 2. The van der Waals surface area contributed by atoms with Crippen LogP contribution >= 0.6 is 0 Å². The molecule has 1 fully saturated rings. The highest BCUT2D eigenvalue weighted by Gasteiger charge is 2.24. The van der Waals surface area contributed by atoms with Gasteiger partial charge in [0.2, 0.25) is 5.91 Å². The fourth-order valence-electron chi connectivity index (χ4n) is 3.07. The first-order chi connectivity index (χ1) is 12.0. The molecule has 0 atom stereocenters. The number of piperidine rings is 1. The first-order valence-electron chi connectivity index (χ1n) is 8.65. The number of nitrogens with one attached hydrogen (secondary N) is 1. The molecule has 1 heterocycles. The summed E-state index contributed by atoms with van der Waals surface area (Å²) < 4.78 is 5.38. The van der Waals surface area contributed by atoms with Crippen LogP contribution in [0.15, 0.2) is 24.3 Å². The highest BCUT2D eigenvalue weighted by Crippen LogP contribution is 2.17. The van der Waals surface area contributed by atoms with E-state index in [1.165, 1.54) is 0 Å². The lowest BCUT2D eigenvalue weighted by Crippen LogP contribution is -2.46. The van der Waals surface area contributed by atoms with E-state index >= 15 is 0 Å². The maximum Gasteiger partial charge on any atom is 0.317 e. The Morgan fingerprint density at radius 2 is 1.92 bits per heavy atom. The molecule has 1 aromatic carbocycles. The van der Waals surface area contributed by atoms with Crippen molar-refractivity contribution < 1.29 is 19.4 Å². The number of hydrogen-bond acceptors (Lipinski definition) is 5. The number of rotatable bonds is 8. The first-order valence-corrected chi connectivity index (χ1v) is 8.65. The number of carbonyl (C=O) groups excluding carboxylic acids is 1. The minimum absolute atomic E-state index is 0.0403. The molecule has 0 saturated carbocycles. The third kappa shape index (κ3) is 6.36. The number of ether oxygens (including phenoxy) is 1. The molecule has 138 valence electrons. The van der Waals surface area contributed by atoms with Crippen LogP contribution in [0.25, 0.3) is 0 Å². The molecule has 0 radical (unpaired) electrons. The molecule has 2 rings (SSSR count). The molecule has 0 aliphatic carbocycles. The summed E-state index contributed by atoms with van der Waals surface area (Å²) in [7, 11) is 1.84. The SMILES string of the molecule is CCOc1ccc(NC(=O)CN2CCC(N(C)CC(=O)O)CC2)cc1. The van der Waals surface area contributed by atoms with Crippen molar-refractivity contribution in [2.24, 2.45) is 0 Å². The number of hydrogen-bond donors (Lipinski definition) is 2. The van der Waals surface area contributed by atoms with Gasteiger partial charge in [-0.3, -0.25) is 19.4 Å². The van der Waals surface area contributed by atoms with Gasteiger partial charge in [0.05, 0.1) is 19.7 Å². The minimum Gasteiger partial charge on any atom is -0.494 e. The average molecular weight is 349 g/mol. The number of nitrogens with zero attached hydrogens (tertiary/aromatic N) is 2. The summed E-state index contributed by atoms with van der Waals surface area (Å²) >= 11 is 0. The van der Waals surface area contributed by atoms with Crippen molar-refractivity contribution in [3.05, 3.63) is 24.3 Å². The molecular formula is C18H27N3O4. The number of aliphatic carboxylic acids is 1. The van der Waals surface area contributed by atoms with E-state index in [1.807, 2.05) is 43.1 Å². The predicted octanol–water partition coefficient (Wildman–Crippen LogP) is 1.50. The summed E-state index contributed by atoms with van der Waals surface area (Å²) in [5.41, 5.74) is 0.754. The smallest absolute Gasteiger partial charge is 0.317 e. The van der Waals surface area contributed by atoms with E-state index in [2.05, 4.69) is 10.2 Å². The number of carboxylic acid groups (broad SMARTS) is 1. The molecule has 1 aliphatic rings. The topological polar surface area (TPSA) is 82.1 Å². The van der Waals surface area contributed by atoms with Crippen LogP contribution in [0.3, 0.4) is 0 Å². The van der Waals surface area contributed by atoms with E-state index in [0.29, 0.717) is 13.2 Å². The van der Waals surface area contributed by atoms with Gasteiger partial charge in [0.25, 0.3) is 0 Å². The van der Waals surface area contributed by atoms with Crippen molar-refractivity contribution in [2.75, 3.05) is 45.2 Å². The molecule has 0 aromatic heterocycles. The van der Waals surface area contributed by atoms with Gasteiger partial charge in [0, 0.05) is 24.8 Å². The molecule has 1 aromatic rings. The van der Waals surface area contributed by atoms with Crippen molar-refractivity contribution in [3.8, 4) is 5.75 Å². The molecule has 0 unspecified atom stereocenters. The number of amides is 1. The van der Waals surface area contributed by atoms with Crippen LogP contribution < -0.4 is 10.1 Å². The Balaban J connectivity index is 1.74. The van der Waals surface area contributed by atoms with E-state index < -0.39 is 5.97 Å². The maximum atomic E-state index is 12.2. The zero-order valence-corrected chi connectivity index (χ0v) is 14.9. The number of likely N-dealkylation sites (N-methyl/N-ethyl adjacent to an activating group) is 1. The highest BCUT2D eigenvalue weighted by atomic mass is 16.5. The standard InChI is InChI=1S/C18H27N3O4/c1-3-25-16-6-4-14(5-7-16)19-17(22)12-21-10-8-15(9-11-21)20(2)13-18(23)24/h4-7,15H,3,8-13H2,1-2H3,(H,19,22)(H,23,24). The third-order valence-corrected chi connectivity index (χ3v) is 4.38. The van der Waals surface area contributed by atoms with Gasteiger partial charge >= 0.3 is 5.97 Å². The Bertz CT molecular complexity index is 568. The second-order valence-electron chi connectivity index (χ2n) is 6.32. The van der Waals surface area contributed by atoms with E-state index in [4.69, 9.17) is 9.84 Å². The van der Waals surface area contributed by atoms with Crippen molar-refractivity contribution in [2.45, 2.75) is 25.8 Å². The minimum atomic E-state index is -0.806. The van der Waals surface area contributed by atoms with Crippen molar-refractivity contribution in [1.29, 1.82) is 0 Å². The van der Waals surface area contributed by atoms with Crippen LogP contribution in [0.4, 0.5) is 5.69 Å². The lowest BCUT2D eigenvalue weighted by Gasteiger charge is -2.35. The van der Waals surface area contributed by atoms with Crippen molar-refractivity contribution in [1.82, 2.24) is 9.80 Å². The second-order valence-corrected chi connectivity index (χ2v) is 6.32. The fourth-order valence-corrected chi connectivity index (χ4v) is 3.07. The zero-order valence-electron chi connectivity index (χ0n) is 14.9. The summed E-state index contributed by atoms with van der Waals surface area (Å²) in [6.07, 6.45) is 1.75. The normalized spacial score (nSPS) is 16.0. The number of benzene rings is 1. The number of anilines is 1. The summed E-state index contributed by atoms with van der Waals surface area (Å²) in [5, 5.41) is 11.8. The van der Waals surface area contributed by atoms with E-state index in [0.717, 1.165) is 37.4 Å². The third-order valence-electron chi connectivity index (χ3n) is 4.38. The van der Waals surface area contributed by atoms with Gasteiger partial charge in [-0.2, -0.15) is 0 Å². The van der Waals surface area contributed by atoms with Gasteiger partial charge in [-0.15, -0.1) is 0 Å². The fraction of sp³-hybridized carbons (Fsp3) is 0.556. The lowest BCUT2D eigenvalue weighted by molar-refractivity contribution is -0.138. The van der Waals surface area contributed by atoms with Gasteiger partial charge in [0.1, 0.15) is 5.75 Å². The lowest BCUT2D eigenvalue weighted by atomic mass is 10.0. The van der Waals surface area contributed by atoms with Crippen LogP contribution in [-0.2, 0) is 9.59 Å². The zero-order chi connectivity index (χ0) is 18.2. The van der Waals surface area contributed by atoms with Gasteiger partial charge in [-0.1, -0.05) is 0 Å². The monoisotopic (exact) mass is 349 g/mol. The number of likely N-dealkylation sites (tertiary alicyclic amines) is 1. The molecule has 1 amide bonds. The Labute approximate surface area is 148 Å².